The fraction of sp³-hybridized carbons (Fsp3) is 0.200. The Morgan fingerprint density at radius 2 is 1.74 bits per heavy atom. The summed E-state index contributed by atoms with van der Waals surface area (Å²) < 4.78 is 5.93. The molecule has 3 aromatic heterocycles. The van der Waals surface area contributed by atoms with Crippen LogP contribution >= 0.6 is 0 Å². The van der Waals surface area contributed by atoms with Gasteiger partial charge in [-0.1, -0.05) is 18.2 Å². The summed E-state index contributed by atoms with van der Waals surface area (Å²) in [6.45, 7) is 0. The van der Waals surface area contributed by atoms with Crippen molar-refractivity contribution in [3.63, 3.8) is 0 Å². The van der Waals surface area contributed by atoms with Gasteiger partial charge in [0.1, 0.15) is 11.0 Å². The van der Waals surface area contributed by atoms with Crippen molar-refractivity contribution in [2.24, 2.45) is 14.1 Å². The molecule has 1 aliphatic rings. The maximum atomic E-state index is 13.7. The molecule has 0 spiro atoms. The highest BCUT2D eigenvalue weighted by Crippen LogP contribution is 2.33. The number of pyridine rings is 1. The Morgan fingerprint density at radius 1 is 0.971 bits per heavy atom. The Bertz CT molecular complexity index is 1770. The number of hydrogen-bond acceptors (Lipinski definition) is 5. The van der Waals surface area contributed by atoms with E-state index in [0.717, 1.165) is 23.7 Å². The van der Waals surface area contributed by atoms with E-state index < -0.39 is 11.2 Å². The van der Waals surface area contributed by atoms with Crippen LogP contribution in [0.3, 0.4) is 0 Å². The maximum absolute atomic E-state index is 13.7. The van der Waals surface area contributed by atoms with Crippen molar-refractivity contribution in [1.82, 2.24) is 23.5 Å². The number of aromatic nitrogens is 5. The van der Waals surface area contributed by atoms with E-state index >= 15 is 0 Å². The van der Waals surface area contributed by atoms with Crippen molar-refractivity contribution in [1.29, 1.82) is 0 Å². The molecular formula is C25H22N6O3. The van der Waals surface area contributed by atoms with Crippen LogP contribution in [0.2, 0.25) is 0 Å². The molecule has 0 aliphatic heterocycles. The van der Waals surface area contributed by atoms with Crippen LogP contribution in [0.15, 0.2) is 75.2 Å². The number of nitrogens with one attached hydrogen (secondary N) is 1. The molecule has 1 aliphatic carbocycles. The van der Waals surface area contributed by atoms with Crippen LogP contribution in [0.25, 0.3) is 27.6 Å². The van der Waals surface area contributed by atoms with Gasteiger partial charge in [0.25, 0.3) is 11.1 Å². The molecule has 0 saturated heterocycles. The largest absolute Gasteiger partial charge is 0.355 e. The quantitative estimate of drug-likeness (QED) is 0.451. The predicted octanol–water partition coefficient (Wildman–Crippen LogP) is 2.82. The number of fused-ring (bicyclic) bond motifs is 2. The third-order valence-electron chi connectivity index (χ3n) is 6.40. The molecule has 0 atom stereocenters. The van der Waals surface area contributed by atoms with Crippen LogP contribution in [0.5, 0.6) is 0 Å². The Balaban J connectivity index is 1.68. The van der Waals surface area contributed by atoms with Crippen molar-refractivity contribution in [2.45, 2.75) is 18.9 Å². The first-order valence-corrected chi connectivity index (χ1v) is 11.1. The van der Waals surface area contributed by atoms with Crippen molar-refractivity contribution >= 4 is 33.3 Å². The van der Waals surface area contributed by atoms with E-state index in [1.54, 1.807) is 30.1 Å². The summed E-state index contributed by atoms with van der Waals surface area (Å²) >= 11 is 0. The minimum absolute atomic E-state index is 0.129. The zero-order valence-corrected chi connectivity index (χ0v) is 18.7. The Kier molecular flexibility index (Phi) is 4.35. The number of benzene rings is 2. The first-order valence-electron chi connectivity index (χ1n) is 11.1. The summed E-state index contributed by atoms with van der Waals surface area (Å²) in [4.78, 5) is 40.2. The number of nitrogens with zero attached hydrogens (tertiary/aromatic N) is 5. The van der Waals surface area contributed by atoms with E-state index in [4.69, 9.17) is 0 Å². The van der Waals surface area contributed by atoms with Crippen LogP contribution in [0, 0.1) is 0 Å². The normalized spacial score (nSPS) is 13.6. The molecule has 5 aromatic rings. The Morgan fingerprint density at radius 3 is 2.47 bits per heavy atom. The zero-order chi connectivity index (χ0) is 23.6. The first kappa shape index (κ1) is 20.2. The van der Waals surface area contributed by atoms with Crippen molar-refractivity contribution in [3.8, 4) is 5.69 Å². The number of para-hydroxylation sites is 1. The summed E-state index contributed by atoms with van der Waals surface area (Å²) in [5.41, 5.74) is 1.74. The molecular weight excluding hydrogens is 432 g/mol. The van der Waals surface area contributed by atoms with Gasteiger partial charge >= 0.3 is 5.69 Å². The topological polar surface area (TPSA) is 95.8 Å². The number of anilines is 2. The highest BCUT2D eigenvalue weighted by atomic mass is 16.2. The highest BCUT2D eigenvalue weighted by molar-refractivity contribution is 5.92. The van der Waals surface area contributed by atoms with Gasteiger partial charge in [0.2, 0.25) is 0 Å². The summed E-state index contributed by atoms with van der Waals surface area (Å²) in [5.74, 6) is 0. The Hall–Kier alpha value is -4.40. The second-order valence-corrected chi connectivity index (χ2v) is 8.68. The lowest BCUT2D eigenvalue weighted by molar-refractivity contribution is 0.637. The summed E-state index contributed by atoms with van der Waals surface area (Å²) in [6, 6.07) is 16.1. The average Bonchev–Trinajstić information content (AvgIpc) is 3.60. The molecule has 9 nitrogen and oxygen atoms in total. The molecule has 6 rings (SSSR count). The number of hydrogen-bond donors (Lipinski definition) is 1. The number of aryl methyl sites for hydroxylation is 2. The predicted molar refractivity (Wildman–Crippen MR) is 131 cm³/mol. The first-order chi connectivity index (χ1) is 16.4. The van der Waals surface area contributed by atoms with E-state index in [1.165, 1.54) is 19.8 Å². The molecule has 9 heteroatoms. The molecule has 2 aromatic carbocycles. The van der Waals surface area contributed by atoms with Crippen molar-refractivity contribution in [3.05, 3.63) is 92.0 Å². The second-order valence-electron chi connectivity index (χ2n) is 8.68. The molecule has 3 heterocycles. The van der Waals surface area contributed by atoms with Crippen molar-refractivity contribution in [2.75, 3.05) is 5.32 Å². The summed E-state index contributed by atoms with van der Waals surface area (Å²) in [6.07, 6.45) is 3.32. The molecule has 0 bridgehead atoms. The standard InChI is InChI=1S/C25H22N6O3/c1-28-21(32)13-19(27-16-8-11-20-15(12-16)14-26-29(20)2)22-23(28)30(17-6-4-3-5-7-17)25(34)31(24(22)33)18-9-10-18/h3-8,11-14,18,27H,9-10H2,1-2H3. The van der Waals surface area contributed by atoms with E-state index in [0.29, 0.717) is 22.4 Å². The molecule has 1 N–H and O–H groups in total. The number of rotatable bonds is 4. The molecule has 0 unspecified atom stereocenters. The summed E-state index contributed by atoms with van der Waals surface area (Å²) in [7, 11) is 3.45. The molecule has 0 radical (unpaired) electrons. The van der Waals surface area contributed by atoms with Gasteiger partial charge in [-0.25, -0.2) is 9.36 Å². The minimum Gasteiger partial charge on any atom is -0.355 e. The lowest BCUT2D eigenvalue weighted by Gasteiger charge is -2.18. The molecule has 34 heavy (non-hydrogen) atoms. The third kappa shape index (κ3) is 3.01. The lowest BCUT2D eigenvalue weighted by atomic mass is 10.2. The van der Waals surface area contributed by atoms with Gasteiger partial charge < -0.3 is 5.32 Å². The fourth-order valence-electron chi connectivity index (χ4n) is 4.52. The SMILES string of the molecule is Cn1ncc2cc(Nc3cc(=O)n(C)c4c3c(=O)n(C3CC3)c(=O)n4-c3ccccc3)ccc21. The van der Waals surface area contributed by atoms with E-state index in [-0.39, 0.29) is 17.2 Å². The lowest BCUT2D eigenvalue weighted by Crippen LogP contribution is -2.41. The molecule has 1 saturated carbocycles. The van der Waals surface area contributed by atoms with Gasteiger partial charge in [0, 0.05) is 37.3 Å². The smallest absolute Gasteiger partial charge is 0.337 e. The van der Waals surface area contributed by atoms with Gasteiger partial charge in [-0.2, -0.15) is 5.10 Å². The van der Waals surface area contributed by atoms with Crippen LogP contribution < -0.4 is 22.1 Å². The second kappa shape index (κ2) is 7.31. The van der Waals surface area contributed by atoms with Gasteiger partial charge in [-0.3, -0.25) is 23.4 Å². The Labute approximate surface area is 193 Å². The van der Waals surface area contributed by atoms with E-state index in [2.05, 4.69) is 10.4 Å². The van der Waals surface area contributed by atoms with Gasteiger partial charge in [0.05, 0.1) is 23.1 Å². The van der Waals surface area contributed by atoms with Crippen LogP contribution in [0.4, 0.5) is 11.4 Å². The molecule has 170 valence electrons. The van der Waals surface area contributed by atoms with E-state index in [9.17, 15) is 14.4 Å². The monoisotopic (exact) mass is 454 g/mol. The third-order valence-corrected chi connectivity index (χ3v) is 6.40. The van der Waals surface area contributed by atoms with E-state index in [1.807, 2.05) is 43.4 Å². The van der Waals surface area contributed by atoms with Crippen molar-refractivity contribution < 1.29 is 0 Å². The van der Waals surface area contributed by atoms with Gasteiger partial charge in [-0.15, -0.1) is 0 Å². The molecule has 0 amide bonds. The van der Waals surface area contributed by atoms with Crippen LogP contribution in [-0.2, 0) is 14.1 Å². The maximum Gasteiger partial charge on any atom is 0.337 e. The average molecular weight is 454 g/mol. The van der Waals surface area contributed by atoms with Gasteiger partial charge in [-0.05, 0) is 43.2 Å². The summed E-state index contributed by atoms with van der Waals surface area (Å²) in [5, 5.41) is 8.76. The van der Waals surface area contributed by atoms with Crippen LogP contribution in [0.1, 0.15) is 18.9 Å². The van der Waals surface area contributed by atoms with Crippen LogP contribution in [-0.4, -0.2) is 23.5 Å². The minimum atomic E-state index is -0.435. The molecule has 1 fully saturated rings. The highest BCUT2D eigenvalue weighted by Gasteiger charge is 2.30. The fourth-order valence-corrected chi connectivity index (χ4v) is 4.52. The van der Waals surface area contributed by atoms with Gasteiger partial charge in [0.15, 0.2) is 0 Å². The zero-order valence-electron chi connectivity index (χ0n) is 18.7.